The Bertz CT molecular complexity index is 2560. The van der Waals surface area contributed by atoms with Gasteiger partial charge in [-0.2, -0.15) is 0 Å². The number of hydrogen-bond acceptors (Lipinski definition) is 18. The molecule has 3 aromatic rings. The third-order valence-electron chi connectivity index (χ3n) is 13.5. The van der Waals surface area contributed by atoms with Crippen LogP contribution in [0.1, 0.15) is 129 Å². The van der Waals surface area contributed by atoms with Gasteiger partial charge in [-0.05, 0) is 99.0 Å². The second-order valence-corrected chi connectivity index (χ2v) is 24.2. The number of quaternary nitrogens is 2. The van der Waals surface area contributed by atoms with Crippen molar-refractivity contribution in [1.82, 2.24) is 16.0 Å². The molecule has 0 aliphatic heterocycles. The number of nitrogens with one attached hydrogen (secondary N) is 4. The molecule has 3 rings (SSSR count). The summed E-state index contributed by atoms with van der Waals surface area (Å²) in [4.78, 5) is 124. The second kappa shape index (κ2) is 41.7. The number of Topliss-reactive ketones (excluding diaryl/α,β-unsaturated/α-hetero) is 1. The highest BCUT2D eigenvalue weighted by Crippen LogP contribution is 2.23. The maximum absolute atomic E-state index is 13.0. The summed E-state index contributed by atoms with van der Waals surface area (Å²) in [5.74, 6) is -3.04. The van der Waals surface area contributed by atoms with E-state index in [0.717, 1.165) is 42.6 Å². The van der Waals surface area contributed by atoms with Gasteiger partial charge in [0.15, 0.2) is 0 Å². The minimum Gasteiger partial charge on any atom is -1.00 e. The molecular formula is C64H94Cl2N6O18. The lowest BCUT2D eigenvalue weighted by Crippen LogP contribution is -3.00. The van der Waals surface area contributed by atoms with Gasteiger partial charge in [0.25, 0.3) is 11.8 Å². The summed E-state index contributed by atoms with van der Waals surface area (Å²) in [6.07, 6.45) is 4.43. The zero-order valence-electron chi connectivity index (χ0n) is 53.9. The first kappa shape index (κ1) is 80.5. The molecule has 3 aromatic carbocycles. The molecule has 0 saturated heterocycles. The number of nitrogens with zero attached hydrogens (tertiary/aromatic N) is 2. The summed E-state index contributed by atoms with van der Waals surface area (Å²) in [5.41, 5.74) is 0.948. The topological polar surface area (TPSA) is 293 Å². The monoisotopic (exact) mass is 1300 g/mol. The van der Waals surface area contributed by atoms with E-state index in [1.54, 1.807) is 48.5 Å². The summed E-state index contributed by atoms with van der Waals surface area (Å²) >= 11 is 0. The molecule has 0 heterocycles. The van der Waals surface area contributed by atoms with E-state index in [2.05, 4.69) is 21.3 Å². The van der Waals surface area contributed by atoms with Crippen molar-refractivity contribution in [3.05, 3.63) is 101 Å². The van der Waals surface area contributed by atoms with Crippen LogP contribution >= 0.6 is 0 Å². The van der Waals surface area contributed by atoms with Crippen molar-refractivity contribution < 1.29 is 120 Å². The van der Waals surface area contributed by atoms with Crippen molar-refractivity contribution in [2.75, 3.05) is 120 Å². The standard InChI is InChI=1S/C64H92N6O18.2ClH/c1-47(71)85-43-63(3,58(76)81-38-18-34-69(5,6)7)45-87-61(79)83-36-16-12-11-14-20-55(73)40-49-21-23-50(24-22-49)41-66-56(74)52-27-29-53(30-28-52)57(75)67-42-51-25-31-54(32-26-51)68-60(78)65-33-15-13-17-37-84-62(80)88-46-64(4,44-86-48(2)72)59(77)82-39-19-35-70(8,9)10;;/h21-32H,11-20,33-46H2,1-10H3,(H2-2,65,66,67,68,74,75,78);2*1H. The maximum atomic E-state index is 13.0. The van der Waals surface area contributed by atoms with E-state index >= 15 is 0 Å². The molecule has 26 heteroatoms. The largest absolute Gasteiger partial charge is 1.00 e. The molecule has 0 aromatic heterocycles. The van der Waals surface area contributed by atoms with Crippen LogP contribution < -0.4 is 46.1 Å². The fourth-order valence-electron chi connectivity index (χ4n) is 8.13. The Kier molecular flexibility index (Phi) is 37.3. The van der Waals surface area contributed by atoms with E-state index in [4.69, 9.17) is 37.9 Å². The van der Waals surface area contributed by atoms with Crippen LogP contribution in [0.3, 0.4) is 0 Å². The molecule has 0 spiro atoms. The highest BCUT2D eigenvalue weighted by molar-refractivity contribution is 5.98. The zero-order chi connectivity index (χ0) is 65.2. The number of carbonyl (C=O) groups excluding carboxylic acids is 10. The quantitative estimate of drug-likeness (QED) is 0.0272. The van der Waals surface area contributed by atoms with Gasteiger partial charge in [-0.3, -0.25) is 33.6 Å². The summed E-state index contributed by atoms with van der Waals surface area (Å²) in [6, 6.07) is 20.3. The molecule has 4 amide bonds. The molecule has 24 nitrogen and oxygen atoms in total. The third kappa shape index (κ3) is 35.0. The zero-order valence-corrected chi connectivity index (χ0v) is 55.4. The van der Waals surface area contributed by atoms with Crippen molar-refractivity contribution in [3.8, 4) is 0 Å². The Hall–Kier alpha value is -7.54. The number of hydrogen-bond donors (Lipinski definition) is 4. The molecule has 2 unspecified atom stereocenters. The highest BCUT2D eigenvalue weighted by atomic mass is 35.5. The normalized spacial score (nSPS) is 12.3. The van der Waals surface area contributed by atoms with Crippen LogP contribution in [0.15, 0.2) is 72.8 Å². The predicted octanol–water partition coefficient (Wildman–Crippen LogP) is 1.63. The van der Waals surface area contributed by atoms with Crippen molar-refractivity contribution >= 4 is 65.5 Å². The first-order valence-electron chi connectivity index (χ1n) is 29.8. The lowest BCUT2D eigenvalue weighted by Gasteiger charge is -2.27. The number of anilines is 1. The van der Waals surface area contributed by atoms with Gasteiger partial charge in [0.05, 0.1) is 81.8 Å². The molecule has 502 valence electrons. The van der Waals surface area contributed by atoms with Crippen LogP contribution in [-0.2, 0) is 81.4 Å². The molecule has 0 radical (unpaired) electrons. The first-order valence-corrected chi connectivity index (χ1v) is 29.8. The van der Waals surface area contributed by atoms with Gasteiger partial charge in [-0.25, -0.2) is 14.4 Å². The lowest BCUT2D eigenvalue weighted by molar-refractivity contribution is -0.870. The molecule has 2 atom stereocenters. The number of rotatable bonds is 40. The van der Waals surface area contributed by atoms with E-state index in [1.807, 2.05) is 66.6 Å². The average Bonchev–Trinajstić information content (AvgIpc) is 2.15. The van der Waals surface area contributed by atoms with Crippen molar-refractivity contribution in [3.63, 3.8) is 0 Å². The first-order chi connectivity index (χ1) is 41.5. The van der Waals surface area contributed by atoms with E-state index < -0.39 is 66.3 Å². The van der Waals surface area contributed by atoms with Crippen molar-refractivity contribution in [2.45, 2.75) is 111 Å². The van der Waals surface area contributed by atoms with E-state index in [1.165, 1.54) is 27.7 Å². The Labute approximate surface area is 541 Å². The fourth-order valence-corrected chi connectivity index (χ4v) is 8.13. The number of halogens is 2. The molecule has 4 N–H and O–H groups in total. The molecule has 0 fully saturated rings. The second-order valence-electron chi connectivity index (χ2n) is 24.2. The van der Waals surface area contributed by atoms with Crippen LogP contribution in [0.2, 0.25) is 0 Å². The number of ketones is 1. The van der Waals surface area contributed by atoms with Gasteiger partial charge in [-0.1, -0.05) is 49.2 Å². The number of carbonyl (C=O) groups is 10. The molecule has 0 aliphatic rings. The van der Waals surface area contributed by atoms with Gasteiger partial charge >= 0.3 is 42.2 Å². The Morgan fingerprint density at radius 3 is 1.22 bits per heavy atom. The maximum Gasteiger partial charge on any atom is 0.508 e. The highest BCUT2D eigenvalue weighted by Gasteiger charge is 2.40. The minimum atomic E-state index is -1.42. The summed E-state index contributed by atoms with van der Waals surface area (Å²) in [6.45, 7) is 6.84. The minimum absolute atomic E-state index is 0. The SMILES string of the molecule is CC(=O)OCC(C)(COC(=O)OCCCCCCC(=O)Cc1ccc(CNC(=O)c2ccc(C(=O)NCc3ccc(NC(=O)NCCCCCOC(=O)OCC(C)(COC(C)=O)C(=O)OCCC[N+](C)(C)C)cc3)cc2)cc1)C(=O)OCCC[N+](C)(C)C.[Cl-].[Cl-]. The van der Waals surface area contributed by atoms with Gasteiger partial charge in [0.2, 0.25) is 0 Å². The molecule has 0 saturated carbocycles. The predicted molar refractivity (Wildman–Crippen MR) is 325 cm³/mol. The lowest BCUT2D eigenvalue weighted by atomic mass is 9.93. The van der Waals surface area contributed by atoms with Crippen LogP contribution in [0.25, 0.3) is 0 Å². The summed E-state index contributed by atoms with van der Waals surface area (Å²) < 4.78 is 43.0. The van der Waals surface area contributed by atoms with Crippen molar-refractivity contribution in [1.29, 1.82) is 0 Å². The molecular weight excluding hydrogens is 1210 g/mol. The number of amides is 4. The van der Waals surface area contributed by atoms with Crippen LogP contribution in [0.5, 0.6) is 0 Å². The van der Waals surface area contributed by atoms with Crippen LogP contribution in [0.4, 0.5) is 20.1 Å². The number of esters is 4. The van der Waals surface area contributed by atoms with Crippen molar-refractivity contribution in [2.24, 2.45) is 10.8 Å². The van der Waals surface area contributed by atoms with Gasteiger partial charge in [0.1, 0.15) is 43.0 Å². The molecule has 0 aliphatic carbocycles. The van der Waals surface area contributed by atoms with Gasteiger partial charge in [-0.15, -0.1) is 0 Å². The van der Waals surface area contributed by atoms with Crippen LogP contribution in [0, 0.1) is 10.8 Å². The van der Waals surface area contributed by atoms with Crippen LogP contribution in [-0.4, -0.2) is 184 Å². The molecule has 0 bridgehead atoms. The summed E-state index contributed by atoms with van der Waals surface area (Å²) in [5, 5.41) is 11.3. The smallest absolute Gasteiger partial charge is 0.508 e. The average molecular weight is 1310 g/mol. The number of benzene rings is 3. The van der Waals surface area contributed by atoms with E-state index in [9.17, 15) is 47.9 Å². The Morgan fingerprint density at radius 2 is 0.800 bits per heavy atom. The Balaban J connectivity index is 0.0000202. The van der Waals surface area contributed by atoms with Gasteiger partial charge in [0, 0.05) is 76.0 Å². The fraction of sp³-hybridized carbons (Fsp3) is 0.562. The number of urea groups is 1. The number of ether oxygens (including phenoxy) is 8. The Morgan fingerprint density at radius 1 is 0.422 bits per heavy atom. The number of unbranched alkanes of at least 4 members (excludes halogenated alkanes) is 5. The summed E-state index contributed by atoms with van der Waals surface area (Å²) in [7, 11) is 12.1. The van der Waals surface area contributed by atoms with E-state index in [-0.39, 0.29) is 102 Å². The molecule has 90 heavy (non-hydrogen) atoms. The van der Waals surface area contributed by atoms with E-state index in [0.29, 0.717) is 83.7 Å². The third-order valence-corrected chi connectivity index (χ3v) is 13.5. The van der Waals surface area contributed by atoms with Gasteiger partial charge < -0.3 is 92.9 Å².